The molecule has 1 aliphatic carbocycles. The lowest BCUT2D eigenvalue weighted by Crippen LogP contribution is -2.64. The van der Waals surface area contributed by atoms with E-state index in [0.29, 0.717) is 0 Å². The van der Waals surface area contributed by atoms with Crippen LogP contribution in [0.25, 0.3) is 0 Å². The van der Waals surface area contributed by atoms with Crippen LogP contribution in [0.5, 0.6) is 0 Å². The van der Waals surface area contributed by atoms with Crippen LogP contribution in [-0.2, 0) is 9.53 Å². The zero-order valence-corrected chi connectivity index (χ0v) is 16.3. The maximum absolute atomic E-state index is 13.3. The molecule has 0 aliphatic heterocycles. The zero-order chi connectivity index (χ0) is 23.9. The summed E-state index contributed by atoms with van der Waals surface area (Å²) in [6.07, 6.45) is -23.0. The van der Waals surface area contributed by atoms with E-state index < -0.39 is 78.8 Å². The lowest BCUT2D eigenvalue weighted by atomic mass is 9.66. The molecule has 0 heterocycles. The van der Waals surface area contributed by atoms with Crippen LogP contribution < -0.4 is 0 Å². The third-order valence-corrected chi connectivity index (χ3v) is 5.79. The second kappa shape index (κ2) is 8.36. The highest BCUT2D eigenvalue weighted by Gasteiger charge is 2.75. The summed E-state index contributed by atoms with van der Waals surface area (Å²) in [7, 11) is 0. The number of halogens is 9. The smallest absolute Gasteiger partial charge is 0.426 e. The number of carbonyl (C=O) groups excluding carboxylic acids is 1. The summed E-state index contributed by atoms with van der Waals surface area (Å²) in [5, 5.41) is 19.5. The number of esters is 1. The molecule has 0 aromatic rings. The van der Waals surface area contributed by atoms with Crippen LogP contribution in [0.15, 0.2) is 0 Å². The molecular formula is C17H23F9O4. The SMILES string of the molecule is CCC(C)C(=O)OC1CC(C(C)(O)C(F)(F)F)CC(C(O)(C(F)(F)F)C(F)(F)F)C1. The third kappa shape index (κ3) is 4.97. The van der Waals surface area contributed by atoms with Crippen LogP contribution >= 0.6 is 0 Å². The van der Waals surface area contributed by atoms with E-state index in [9.17, 15) is 54.5 Å². The zero-order valence-electron chi connectivity index (χ0n) is 16.3. The lowest BCUT2D eigenvalue weighted by molar-refractivity contribution is -0.391. The molecule has 13 heteroatoms. The Hall–Kier alpha value is -1.24. The van der Waals surface area contributed by atoms with Crippen LogP contribution in [-0.4, -0.2) is 52.0 Å². The van der Waals surface area contributed by atoms with Gasteiger partial charge in [0.2, 0.25) is 0 Å². The fraction of sp³-hybridized carbons (Fsp3) is 0.941. The molecule has 4 nitrogen and oxygen atoms in total. The Kier molecular flexibility index (Phi) is 7.47. The fourth-order valence-electron chi connectivity index (χ4n) is 3.47. The van der Waals surface area contributed by atoms with Crippen molar-refractivity contribution in [3.8, 4) is 0 Å². The van der Waals surface area contributed by atoms with Crippen LogP contribution in [0.4, 0.5) is 39.5 Å². The van der Waals surface area contributed by atoms with Crippen LogP contribution in [0.1, 0.15) is 46.5 Å². The molecule has 0 radical (unpaired) electrons. The van der Waals surface area contributed by atoms with Crippen molar-refractivity contribution < 1.29 is 59.3 Å². The molecule has 0 bridgehead atoms. The first-order valence-corrected chi connectivity index (χ1v) is 9.05. The Balaban J connectivity index is 3.43. The van der Waals surface area contributed by atoms with E-state index >= 15 is 0 Å². The van der Waals surface area contributed by atoms with Crippen molar-refractivity contribution in [3.63, 3.8) is 0 Å². The average molecular weight is 462 g/mol. The number of ether oxygens (including phenoxy) is 1. The van der Waals surface area contributed by atoms with Crippen molar-refractivity contribution in [1.82, 2.24) is 0 Å². The van der Waals surface area contributed by atoms with Crippen molar-refractivity contribution in [2.24, 2.45) is 17.8 Å². The minimum atomic E-state index is -6.27. The molecule has 30 heavy (non-hydrogen) atoms. The molecule has 178 valence electrons. The topological polar surface area (TPSA) is 66.8 Å². The summed E-state index contributed by atoms with van der Waals surface area (Å²) in [5.41, 5.74) is -9.02. The van der Waals surface area contributed by atoms with Gasteiger partial charge >= 0.3 is 24.5 Å². The summed E-state index contributed by atoms with van der Waals surface area (Å²) < 4.78 is 124. The molecule has 1 rings (SSSR count). The van der Waals surface area contributed by atoms with E-state index in [0.717, 1.165) is 0 Å². The highest BCUT2D eigenvalue weighted by Crippen LogP contribution is 2.55. The van der Waals surface area contributed by atoms with E-state index in [2.05, 4.69) is 0 Å². The van der Waals surface area contributed by atoms with Gasteiger partial charge in [0.1, 0.15) is 6.10 Å². The van der Waals surface area contributed by atoms with Crippen molar-refractivity contribution in [1.29, 1.82) is 0 Å². The van der Waals surface area contributed by atoms with Crippen molar-refractivity contribution in [2.75, 3.05) is 0 Å². The number of alkyl halides is 9. The molecule has 2 N–H and O–H groups in total. The average Bonchev–Trinajstić information content (AvgIpc) is 2.56. The second-order valence-corrected chi connectivity index (χ2v) is 7.88. The number of hydrogen-bond donors (Lipinski definition) is 2. The van der Waals surface area contributed by atoms with Gasteiger partial charge in [-0.1, -0.05) is 13.8 Å². The first kappa shape index (κ1) is 26.8. The normalized spacial score (nSPS) is 27.3. The highest BCUT2D eigenvalue weighted by atomic mass is 19.4. The van der Waals surface area contributed by atoms with E-state index in [1.807, 2.05) is 0 Å². The summed E-state index contributed by atoms with van der Waals surface area (Å²) in [5.74, 6) is -6.85. The van der Waals surface area contributed by atoms with Gasteiger partial charge in [-0.2, -0.15) is 39.5 Å². The molecule has 0 spiro atoms. The number of aliphatic hydroxyl groups is 2. The predicted octanol–water partition coefficient (Wildman–Crippen LogP) is 4.53. The van der Waals surface area contributed by atoms with Gasteiger partial charge in [-0.15, -0.1) is 0 Å². The monoisotopic (exact) mass is 462 g/mol. The highest BCUT2D eigenvalue weighted by molar-refractivity contribution is 5.72. The molecular weight excluding hydrogens is 439 g/mol. The summed E-state index contributed by atoms with van der Waals surface area (Å²) in [6.45, 7) is 3.11. The van der Waals surface area contributed by atoms with Crippen LogP contribution in [0.2, 0.25) is 0 Å². The minimum absolute atomic E-state index is 0.202. The predicted molar refractivity (Wildman–Crippen MR) is 83.9 cm³/mol. The van der Waals surface area contributed by atoms with Gasteiger partial charge in [0.15, 0.2) is 5.60 Å². The quantitative estimate of drug-likeness (QED) is 0.466. The first-order chi connectivity index (χ1) is 13.2. The molecule has 0 amide bonds. The maximum atomic E-state index is 13.3. The fourth-order valence-corrected chi connectivity index (χ4v) is 3.47. The number of carbonyl (C=O) groups is 1. The third-order valence-electron chi connectivity index (χ3n) is 5.79. The standard InChI is InChI=1S/C17H23F9O4/c1-4-8(2)12(27)30-11-6-9(13(3,28)15(18,19)20)5-10(7-11)14(29,16(21,22)23)17(24,25)26/h8-11,28-29H,4-7H2,1-3H3. The van der Waals surface area contributed by atoms with Gasteiger partial charge < -0.3 is 14.9 Å². The maximum Gasteiger partial charge on any atom is 0.426 e. The summed E-state index contributed by atoms with van der Waals surface area (Å²) in [6, 6.07) is 0. The van der Waals surface area contributed by atoms with E-state index in [1.165, 1.54) is 6.92 Å². The summed E-state index contributed by atoms with van der Waals surface area (Å²) >= 11 is 0. The molecule has 1 aliphatic rings. The Morgan fingerprint density at radius 3 is 1.70 bits per heavy atom. The van der Waals surface area contributed by atoms with E-state index in [-0.39, 0.29) is 13.3 Å². The summed E-state index contributed by atoms with van der Waals surface area (Å²) in [4.78, 5) is 11.9. The molecule has 0 aromatic heterocycles. The lowest BCUT2D eigenvalue weighted by Gasteiger charge is -2.47. The second-order valence-electron chi connectivity index (χ2n) is 7.88. The largest absolute Gasteiger partial charge is 0.462 e. The molecule has 0 saturated heterocycles. The Bertz CT molecular complexity index is 596. The Morgan fingerprint density at radius 2 is 1.33 bits per heavy atom. The van der Waals surface area contributed by atoms with Gasteiger partial charge in [0, 0.05) is 11.8 Å². The molecule has 5 atom stereocenters. The molecule has 5 unspecified atom stereocenters. The van der Waals surface area contributed by atoms with Gasteiger partial charge in [-0.05, 0) is 32.6 Å². The van der Waals surface area contributed by atoms with Gasteiger partial charge in [-0.3, -0.25) is 4.79 Å². The molecule has 1 saturated carbocycles. The molecule has 1 fully saturated rings. The molecule has 0 aromatic carbocycles. The van der Waals surface area contributed by atoms with Gasteiger partial charge in [0.05, 0.1) is 5.92 Å². The van der Waals surface area contributed by atoms with Crippen LogP contribution in [0, 0.1) is 17.8 Å². The van der Waals surface area contributed by atoms with Crippen molar-refractivity contribution in [2.45, 2.75) is 82.3 Å². The Morgan fingerprint density at radius 1 is 0.900 bits per heavy atom. The number of hydrogen-bond acceptors (Lipinski definition) is 4. The first-order valence-electron chi connectivity index (χ1n) is 9.05. The van der Waals surface area contributed by atoms with Gasteiger partial charge in [-0.25, -0.2) is 0 Å². The van der Waals surface area contributed by atoms with Gasteiger partial charge in [0.25, 0.3) is 5.60 Å². The van der Waals surface area contributed by atoms with E-state index in [4.69, 9.17) is 4.74 Å². The van der Waals surface area contributed by atoms with Crippen molar-refractivity contribution in [3.05, 3.63) is 0 Å². The Labute approximate surface area is 166 Å². The number of rotatable bonds is 5. The van der Waals surface area contributed by atoms with Crippen LogP contribution in [0.3, 0.4) is 0 Å². The van der Waals surface area contributed by atoms with Crippen molar-refractivity contribution >= 4 is 5.97 Å². The minimum Gasteiger partial charge on any atom is -0.462 e. The van der Waals surface area contributed by atoms with E-state index in [1.54, 1.807) is 6.92 Å².